The third-order valence-electron chi connectivity index (χ3n) is 1.62. The highest BCUT2D eigenvalue weighted by molar-refractivity contribution is 5.32. The minimum atomic E-state index is 0.919. The lowest BCUT2D eigenvalue weighted by Gasteiger charge is -2.02. The molecule has 0 spiro atoms. The van der Waals surface area contributed by atoms with Gasteiger partial charge in [-0.15, -0.1) is 6.58 Å². The molecule has 0 atom stereocenters. The van der Waals surface area contributed by atoms with Gasteiger partial charge in [0.1, 0.15) is 0 Å². The summed E-state index contributed by atoms with van der Waals surface area (Å²) >= 11 is 0. The molecule has 0 saturated heterocycles. The summed E-state index contributed by atoms with van der Waals surface area (Å²) in [4.78, 5) is 0. The number of allylic oxidation sites excluding steroid dienone is 6. The van der Waals surface area contributed by atoms with Crippen molar-refractivity contribution in [2.75, 3.05) is 0 Å². The van der Waals surface area contributed by atoms with Crippen LogP contribution in [0.25, 0.3) is 0 Å². The summed E-state index contributed by atoms with van der Waals surface area (Å²) in [5.74, 6) is 0. The first kappa shape index (κ1) is 9.96. The summed E-state index contributed by atoms with van der Waals surface area (Å²) in [7, 11) is 0. The highest BCUT2D eigenvalue weighted by Gasteiger charge is 1.93. The second-order valence-corrected chi connectivity index (χ2v) is 2.39. The van der Waals surface area contributed by atoms with Crippen LogP contribution in [0.4, 0.5) is 0 Å². The molecule has 0 unspecified atom stereocenters. The Balaban J connectivity index is 4.45. The maximum Gasteiger partial charge on any atom is -0.00976 e. The van der Waals surface area contributed by atoms with Crippen LogP contribution in [0, 0.1) is 0 Å². The minimum Gasteiger partial charge on any atom is -0.103 e. The topological polar surface area (TPSA) is 0 Å². The summed E-state index contributed by atoms with van der Waals surface area (Å²) in [6, 6.07) is 0. The normalized spacial score (nSPS) is 12.9. The molecular weight excluding hydrogens is 132 g/mol. The Morgan fingerprint density at radius 3 is 2.36 bits per heavy atom. The van der Waals surface area contributed by atoms with Gasteiger partial charge in [-0.3, -0.25) is 0 Å². The van der Waals surface area contributed by atoms with E-state index in [-0.39, 0.29) is 0 Å². The van der Waals surface area contributed by atoms with E-state index in [2.05, 4.69) is 26.2 Å². The summed E-state index contributed by atoms with van der Waals surface area (Å²) in [5.41, 5.74) is 2.59. The van der Waals surface area contributed by atoms with Gasteiger partial charge in [0.2, 0.25) is 0 Å². The Labute approximate surface area is 69.6 Å². The molecule has 0 bridgehead atoms. The first-order valence-electron chi connectivity index (χ1n) is 3.82. The van der Waals surface area contributed by atoms with Gasteiger partial charge in [0.05, 0.1) is 0 Å². The lowest BCUT2D eigenvalue weighted by molar-refractivity contribution is 1.20. The minimum absolute atomic E-state index is 0.919. The Bertz CT molecular complexity index is 192. The predicted molar refractivity (Wildman–Crippen MR) is 52.5 cm³/mol. The molecule has 0 nitrogen and oxygen atoms in total. The van der Waals surface area contributed by atoms with Gasteiger partial charge in [0, 0.05) is 0 Å². The van der Waals surface area contributed by atoms with Gasteiger partial charge in [0.25, 0.3) is 0 Å². The van der Waals surface area contributed by atoms with Crippen LogP contribution >= 0.6 is 0 Å². The van der Waals surface area contributed by atoms with Crippen molar-refractivity contribution in [3.05, 3.63) is 48.6 Å². The van der Waals surface area contributed by atoms with E-state index < -0.39 is 0 Å². The Morgan fingerprint density at radius 1 is 1.36 bits per heavy atom. The van der Waals surface area contributed by atoms with Gasteiger partial charge in [0.15, 0.2) is 0 Å². The van der Waals surface area contributed by atoms with Crippen LogP contribution in [0.3, 0.4) is 0 Å². The molecule has 0 aromatic carbocycles. The van der Waals surface area contributed by atoms with E-state index in [0.717, 1.165) is 6.42 Å². The van der Waals surface area contributed by atoms with Crippen LogP contribution in [-0.4, -0.2) is 0 Å². The fourth-order valence-electron chi connectivity index (χ4n) is 0.844. The second-order valence-electron chi connectivity index (χ2n) is 2.39. The highest BCUT2D eigenvalue weighted by Crippen LogP contribution is 2.13. The molecular formula is C11H16. The van der Waals surface area contributed by atoms with Crippen LogP contribution in [0.1, 0.15) is 20.3 Å². The average Bonchev–Trinajstić information content (AvgIpc) is 2.03. The van der Waals surface area contributed by atoms with E-state index in [0.29, 0.717) is 0 Å². The van der Waals surface area contributed by atoms with Crippen molar-refractivity contribution in [2.24, 2.45) is 0 Å². The van der Waals surface area contributed by atoms with Crippen LogP contribution in [0.2, 0.25) is 0 Å². The second kappa shape index (κ2) is 5.72. The molecule has 0 heteroatoms. The Morgan fingerprint density at radius 2 is 2.00 bits per heavy atom. The molecule has 11 heavy (non-hydrogen) atoms. The molecule has 0 aliphatic heterocycles. The van der Waals surface area contributed by atoms with Gasteiger partial charge in [-0.2, -0.15) is 0 Å². The molecule has 0 aromatic rings. The van der Waals surface area contributed by atoms with Crippen molar-refractivity contribution >= 4 is 0 Å². The summed E-state index contributed by atoms with van der Waals surface area (Å²) in [6.45, 7) is 11.5. The summed E-state index contributed by atoms with van der Waals surface area (Å²) < 4.78 is 0. The molecule has 0 saturated carbocycles. The summed E-state index contributed by atoms with van der Waals surface area (Å²) in [6.07, 6.45) is 8.76. The van der Waals surface area contributed by atoms with Gasteiger partial charge in [-0.1, -0.05) is 36.5 Å². The largest absolute Gasteiger partial charge is 0.103 e. The molecule has 0 amide bonds. The first-order valence-corrected chi connectivity index (χ1v) is 3.82. The fraction of sp³-hybridized carbons (Fsp3) is 0.273. The maximum absolute atomic E-state index is 3.70. The zero-order valence-corrected chi connectivity index (χ0v) is 7.43. The van der Waals surface area contributed by atoms with Crippen molar-refractivity contribution in [2.45, 2.75) is 20.3 Å². The third kappa shape index (κ3) is 3.61. The first-order chi connectivity index (χ1) is 5.26. The van der Waals surface area contributed by atoms with Crippen molar-refractivity contribution in [3.8, 4) is 0 Å². The molecule has 0 heterocycles. The van der Waals surface area contributed by atoms with Crippen molar-refractivity contribution in [3.63, 3.8) is 0 Å². The lowest BCUT2D eigenvalue weighted by Crippen LogP contribution is -1.82. The van der Waals surface area contributed by atoms with E-state index in [1.54, 1.807) is 0 Å². The van der Waals surface area contributed by atoms with E-state index >= 15 is 0 Å². The van der Waals surface area contributed by atoms with E-state index in [4.69, 9.17) is 0 Å². The van der Waals surface area contributed by atoms with Crippen molar-refractivity contribution < 1.29 is 0 Å². The fourth-order valence-corrected chi connectivity index (χ4v) is 0.844. The van der Waals surface area contributed by atoms with Gasteiger partial charge in [-0.25, -0.2) is 0 Å². The molecule has 0 N–H and O–H groups in total. The van der Waals surface area contributed by atoms with Gasteiger partial charge < -0.3 is 0 Å². The average molecular weight is 148 g/mol. The quantitative estimate of drug-likeness (QED) is 0.422. The zero-order chi connectivity index (χ0) is 8.69. The van der Waals surface area contributed by atoms with Crippen molar-refractivity contribution in [1.29, 1.82) is 0 Å². The van der Waals surface area contributed by atoms with Crippen molar-refractivity contribution in [1.82, 2.24) is 0 Å². The lowest BCUT2D eigenvalue weighted by atomic mass is 10.0. The van der Waals surface area contributed by atoms with Gasteiger partial charge >= 0.3 is 0 Å². The molecule has 60 valence electrons. The molecule has 0 rings (SSSR count). The smallest absolute Gasteiger partial charge is 0.00976 e. The number of hydrogen-bond acceptors (Lipinski definition) is 0. The molecule has 0 fully saturated rings. The molecule has 0 aliphatic carbocycles. The third-order valence-corrected chi connectivity index (χ3v) is 1.62. The Kier molecular flexibility index (Phi) is 5.18. The van der Waals surface area contributed by atoms with Crippen LogP contribution in [0.15, 0.2) is 48.6 Å². The Hall–Kier alpha value is -1.04. The number of hydrogen-bond donors (Lipinski definition) is 0. The van der Waals surface area contributed by atoms with Crippen LogP contribution in [-0.2, 0) is 0 Å². The maximum atomic E-state index is 3.70. The molecule has 0 aromatic heterocycles. The number of rotatable bonds is 4. The molecule has 0 radical (unpaired) electrons. The van der Waals surface area contributed by atoms with Crippen LogP contribution in [0.5, 0.6) is 0 Å². The molecule has 0 aliphatic rings. The van der Waals surface area contributed by atoms with E-state index in [9.17, 15) is 0 Å². The monoisotopic (exact) mass is 148 g/mol. The van der Waals surface area contributed by atoms with E-state index in [1.165, 1.54) is 11.1 Å². The SMILES string of the molecule is C=C/C=C(CC=C)\C(C)=C/C. The van der Waals surface area contributed by atoms with E-state index in [1.807, 2.05) is 25.2 Å². The predicted octanol–water partition coefficient (Wildman–Crippen LogP) is 3.64. The van der Waals surface area contributed by atoms with Gasteiger partial charge in [-0.05, 0) is 25.8 Å². The highest BCUT2D eigenvalue weighted by atomic mass is 14.0. The van der Waals surface area contributed by atoms with Crippen LogP contribution < -0.4 is 0 Å². The summed E-state index contributed by atoms with van der Waals surface area (Å²) in [5, 5.41) is 0. The standard InChI is InChI=1S/C11H16/c1-5-8-11(9-6-2)10(4)7-3/h5-8H,1-2,9H2,3-4H3/b10-7-,11-8-. The zero-order valence-electron chi connectivity index (χ0n) is 7.43.